The Morgan fingerprint density at radius 3 is 2.95 bits per heavy atom. The van der Waals surface area contributed by atoms with Crippen molar-refractivity contribution in [1.82, 2.24) is 15.4 Å². The highest BCUT2D eigenvalue weighted by Crippen LogP contribution is 2.25. The van der Waals surface area contributed by atoms with Crippen molar-refractivity contribution in [3.05, 3.63) is 48.2 Å². The molecule has 0 aliphatic rings. The zero-order valence-electron chi connectivity index (χ0n) is 11.8. The zero-order valence-corrected chi connectivity index (χ0v) is 11.8. The molecule has 1 aromatic carbocycles. The first-order valence-corrected chi connectivity index (χ1v) is 6.62. The van der Waals surface area contributed by atoms with Gasteiger partial charge in [0.1, 0.15) is 5.69 Å². The third kappa shape index (κ3) is 3.55. The van der Waals surface area contributed by atoms with Crippen molar-refractivity contribution < 1.29 is 14.3 Å². The first-order chi connectivity index (χ1) is 10.3. The summed E-state index contributed by atoms with van der Waals surface area (Å²) in [7, 11) is 0. The molecule has 0 radical (unpaired) electrons. The number of aromatic amines is 1. The minimum Gasteiger partial charge on any atom is -0.461 e. The number of aromatic nitrogens is 3. The average Bonchev–Trinajstić information content (AvgIpc) is 2.98. The number of ether oxygens (including phenoxy) is 2. The minimum atomic E-state index is -0.497. The molecule has 1 aromatic heterocycles. The summed E-state index contributed by atoms with van der Waals surface area (Å²) in [6.45, 7) is 6.50. The molecule has 0 saturated carbocycles. The molecular weight excluding hydrogens is 270 g/mol. The van der Waals surface area contributed by atoms with Crippen LogP contribution in [-0.2, 0) is 16.1 Å². The van der Waals surface area contributed by atoms with Gasteiger partial charge >= 0.3 is 5.97 Å². The minimum absolute atomic E-state index is 0.174. The largest absolute Gasteiger partial charge is 0.461 e. The highest BCUT2D eigenvalue weighted by atomic mass is 16.5. The van der Waals surface area contributed by atoms with Crippen molar-refractivity contribution in [2.24, 2.45) is 0 Å². The summed E-state index contributed by atoms with van der Waals surface area (Å²) in [5.74, 6) is -0.497. The number of benzene rings is 1. The summed E-state index contributed by atoms with van der Waals surface area (Å²) in [5.41, 5.74) is 2.34. The van der Waals surface area contributed by atoms with Crippen LogP contribution in [0.2, 0.25) is 0 Å². The molecule has 0 spiro atoms. The van der Waals surface area contributed by atoms with Gasteiger partial charge in [-0.15, -0.1) is 11.7 Å². The van der Waals surface area contributed by atoms with Gasteiger partial charge in [0, 0.05) is 5.56 Å². The first kappa shape index (κ1) is 14.9. The van der Waals surface area contributed by atoms with E-state index in [0.29, 0.717) is 18.9 Å². The van der Waals surface area contributed by atoms with Crippen LogP contribution in [0.3, 0.4) is 0 Å². The summed E-state index contributed by atoms with van der Waals surface area (Å²) in [4.78, 5) is 11.9. The molecule has 0 amide bonds. The van der Waals surface area contributed by atoms with Gasteiger partial charge in [-0.1, -0.05) is 30.3 Å². The fourth-order valence-electron chi connectivity index (χ4n) is 1.89. The Morgan fingerprint density at radius 1 is 1.38 bits per heavy atom. The standard InChI is InChI=1S/C15H17N3O3/c1-3-9-20-10-11-7-5-6-8-12(11)13-14(17-18-16-13)15(19)21-4-2/h3,5-8H,1,4,9-10H2,2H3,(H,16,17,18). The lowest BCUT2D eigenvalue weighted by Crippen LogP contribution is -2.07. The van der Waals surface area contributed by atoms with Crippen LogP contribution >= 0.6 is 0 Å². The number of carbonyl (C=O) groups is 1. The fourth-order valence-corrected chi connectivity index (χ4v) is 1.89. The van der Waals surface area contributed by atoms with Gasteiger partial charge in [-0.3, -0.25) is 0 Å². The molecule has 0 fully saturated rings. The Hall–Kier alpha value is -2.47. The molecule has 0 saturated heterocycles. The van der Waals surface area contributed by atoms with E-state index in [1.807, 2.05) is 24.3 Å². The average molecular weight is 287 g/mol. The number of hydrogen-bond acceptors (Lipinski definition) is 5. The van der Waals surface area contributed by atoms with Gasteiger partial charge in [-0.2, -0.15) is 10.3 Å². The molecule has 0 aliphatic carbocycles. The van der Waals surface area contributed by atoms with Gasteiger partial charge in [-0.25, -0.2) is 4.79 Å². The number of esters is 1. The maximum absolute atomic E-state index is 11.9. The maximum Gasteiger partial charge on any atom is 0.361 e. The number of carbonyl (C=O) groups excluding carboxylic acids is 1. The Labute approximate surface area is 122 Å². The Bertz CT molecular complexity index is 622. The van der Waals surface area contributed by atoms with E-state index < -0.39 is 5.97 Å². The molecule has 0 bridgehead atoms. The smallest absolute Gasteiger partial charge is 0.361 e. The van der Waals surface area contributed by atoms with Crippen LogP contribution < -0.4 is 0 Å². The fraction of sp³-hybridized carbons (Fsp3) is 0.267. The number of H-pyrrole nitrogens is 1. The lowest BCUT2D eigenvalue weighted by Gasteiger charge is -2.08. The van der Waals surface area contributed by atoms with Gasteiger partial charge < -0.3 is 9.47 Å². The van der Waals surface area contributed by atoms with Crippen molar-refractivity contribution in [2.75, 3.05) is 13.2 Å². The molecule has 6 heteroatoms. The number of rotatable bonds is 7. The van der Waals surface area contributed by atoms with E-state index in [1.54, 1.807) is 13.0 Å². The van der Waals surface area contributed by atoms with E-state index >= 15 is 0 Å². The van der Waals surface area contributed by atoms with E-state index in [4.69, 9.17) is 9.47 Å². The van der Waals surface area contributed by atoms with E-state index in [9.17, 15) is 4.79 Å². The van der Waals surface area contributed by atoms with Crippen LogP contribution in [-0.4, -0.2) is 34.6 Å². The number of nitrogens with one attached hydrogen (secondary N) is 1. The third-order valence-corrected chi connectivity index (χ3v) is 2.78. The quantitative estimate of drug-likeness (QED) is 0.480. The molecule has 2 rings (SSSR count). The number of nitrogens with zero attached hydrogens (tertiary/aromatic N) is 2. The predicted octanol–water partition coefficient (Wildman–Crippen LogP) is 2.35. The van der Waals surface area contributed by atoms with Gasteiger partial charge in [0.2, 0.25) is 0 Å². The molecule has 6 nitrogen and oxygen atoms in total. The second kappa shape index (κ2) is 7.35. The van der Waals surface area contributed by atoms with Crippen LogP contribution in [0.1, 0.15) is 23.0 Å². The topological polar surface area (TPSA) is 77.1 Å². The van der Waals surface area contributed by atoms with Crippen LogP contribution in [0.25, 0.3) is 11.3 Å². The van der Waals surface area contributed by atoms with Crippen LogP contribution in [0, 0.1) is 0 Å². The molecule has 21 heavy (non-hydrogen) atoms. The summed E-state index contributed by atoms with van der Waals surface area (Å²) >= 11 is 0. The normalized spacial score (nSPS) is 10.3. The van der Waals surface area contributed by atoms with Gasteiger partial charge in [-0.05, 0) is 12.5 Å². The molecule has 0 aliphatic heterocycles. The van der Waals surface area contributed by atoms with Crippen LogP contribution in [0.4, 0.5) is 0 Å². The SMILES string of the molecule is C=CCOCc1ccccc1-c1n[nH]nc1C(=O)OCC. The van der Waals surface area contributed by atoms with Crippen molar-refractivity contribution in [3.8, 4) is 11.3 Å². The van der Waals surface area contributed by atoms with E-state index in [-0.39, 0.29) is 12.3 Å². The molecule has 1 heterocycles. The summed E-state index contributed by atoms with van der Waals surface area (Å²) in [6, 6.07) is 7.56. The Kier molecular flexibility index (Phi) is 5.22. The van der Waals surface area contributed by atoms with Crippen molar-refractivity contribution in [2.45, 2.75) is 13.5 Å². The lowest BCUT2D eigenvalue weighted by atomic mass is 10.0. The highest BCUT2D eigenvalue weighted by Gasteiger charge is 2.20. The van der Waals surface area contributed by atoms with Crippen molar-refractivity contribution in [3.63, 3.8) is 0 Å². The van der Waals surface area contributed by atoms with Crippen LogP contribution in [0.5, 0.6) is 0 Å². The second-order valence-electron chi connectivity index (χ2n) is 4.20. The van der Waals surface area contributed by atoms with Crippen LogP contribution in [0.15, 0.2) is 36.9 Å². The third-order valence-electron chi connectivity index (χ3n) is 2.78. The van der Waals surface area contributed by atoms with Gasteiger partial charge in [0.05, 0.1) is 19.8 Å². The van der Waals surface area contributed by atoms with E-state index in [0.717, 1.165) is 11.1 Å². The molecular formula is C15H17N3O3. The Morgan fingerprint density at radius 2 is 2.19 bits per heavy atom. The number of hydrogen-bond donors (Lipinski definition) is 1. The molecule has 0 unspecified atom stereocenters. The predicted molar refractivity (Wildman–Crippen MR) is 77.6 cm³/mol. The second-order valence-corrected chi connectivity index (χ2v) is 4.20. The molecule has 110 valence electrons. The molecule has 1 N–H and O–H groups in total. The lowest BCUT2D eigenvalue weighted by molar-refractivity contribution is 0.0520. The Balaban J connectivity index is 2.32. The molecule has 0 atom stereocenters. The van der Waals surface area contributed by atoms with Gasteiger partial charge in [0.15, 0.2) is 5.69 Å². The van der Waals surface area contributed by atoms with E-state index in [1.165, 1.54) is 0 Å². The van der Waals surface area contributed by atoms with E-state index in [2.05, 4.69) is 22.0 Å². The molecule has 2 aromatic rings. The summed E-state index contributed by atoms with van der Waals surface area (Å²) < 4.78 is 10.4. The first-order valence-electron chi connectivity index (χ1n) is 6.62. The van der Waals surface area contributed by atoms with Gasteiger partial charge in [0.25, 0.3) is 0 Å². The zero-order chi connectivity index (χ0) is 15.1. The van der Waals surface area contributed by atoms with Crippen molar-refractivity contribution in [1.29, 1.82) is 0 Å². The maximum atomic E-state index is 11.9. The summed E-state index contributed by atoms with van der Waals surface area (Å²) in [5, 5.41) is 10.4. The summed E-state index contributed by atoms with van der Waals surface area (Å²) in [6.07, 6.45) is 1.68. The van der Waals surface area contributed by atoms with Crippen molar-refractivity contribution >= 4 is 5.97 Å². The monoisotopic (exact) mass is 287 g/mol. The highest BCUT2D eigenvalue weighted by molar-refractivity contribution is 5.94.